The third-order valence-electron chi connectivity index (χ3n) is 2.65. The van der Waals surface area contributed by atoms with Gasteiger partial charge in [-0.25, -0.2) is 0 Å². The Kier molecular flexibility index (Phi) is 3.20. The highest BCUT2D eigenvalue weighted by molar-refractivity contribution is 5.51. The average molecular weight is 212 g/mol. The van der Waals surface area contributed by atoms with Crippen LogP contribution in [-0.2, 0) is 0 Å². The number of nitrogens with zero attached hydrogens (tertiary/aromatic N) is 1. The summed E-state index contributed by atoms with van der Waals surface area (Å²) in [5, 5.41) is 3.46. The van der Waals surface area contributed by atoms with Crippen LogP contribution in [0.15, 0.2) is 48.7 Å². The van der Waals surface area contributed by atoms with E-state index in [0.717, 1.165) is 5.69 Å². The number of hydrogen-bond donors (Lipinski definition) is 1. The summed E-state index contributed by atoms with van der Waals surface area (Å²) in [6, 6.07) is 14.5. The van der Waals surface area contributed by atoms with Gasteiger partial charge in [0.1, 0.15) is 0 Å². The summed E-state index contributed by atoms with van der Waals surface area (Å²) in [4.78, 5) is 4.34. The van der Waals surface area contributed by atoms with Crippen molar-refractivity contribution in [3.05, 3.63) is 59.9 Å². The standard InChI is InChI=1S/C14H16N2/c1-11-7-3-4-8-13(11)16-12(2)14-9-5-6-10-15-14/h3-10,12,16H,1-2H3. The van der Waals surface area contributed by atoms with E-state index in [0.29, 0.717) is 0 Å². The Hall–Kier alpha value is -1.83. The minimum absolute atomic E-state index is 0.224. The molecule has 0 aliphatic heterocycles. The van der Waals surface area contributed by atoms with E-state index >= 15 is 0 Å². The third-order valence-corrected chi connectivity index (χ3v) is 2.65. The van der Waals surface area contributed by atoms with Gasteiger partial charge in [0.15, 0.2) is 0 Å². The van der Waals surface area contributed by atoms with E-state index in [1.165, 1.54) is 11.3 Å². The average Bonchev–Trinajstić information content (AvgIpc) is 2.33. The summed E-state index contributed by atoms with van der Waals surface area (Å²) < 4.78 is 0. The van der Waals surface area contributed by atoms with Crippen molar-refractivity contribution in [3.63, 3.8) is 0 Å². The van der Waals surface area contributed by atoms with Crippen molar-refractivity contribution in [1.82, 2.24) is 4.98 Å². The molecular formula is C14H16N2. The molecule has 2 rings (SSSR count). The number of aryl methyl sites for hydroxylation is 1. The lowest BCUT2D eigenvalue weighted by Gasteiger charge is -2.16. The van der Waals surface area contributed by atoms with Crippen molar-refractivity contribution in [2.75, 3.05) is 5.32 Å². The molecule has 2 aromatic rings. The molecule has 0 aliphatic carbocycles. The van der Waals surface area contributed by atoms with Crippen molar-refractivity contribution in [3.8, 4) is 0 Å². The molecule has 0 radical (unpaired) electrons. The monoisotopic (exact) mass is 212 g/mol. The molecule has 1 aromatic heterocycles. The number of para-hydroxylation sites is 1. The Balaban J connectivity index is 2.14. The number of nitrogens with one attached hydrogen (secondary N) is 1. The molecule has 0 aliphatic rings. The molecule has 1 heterocycles. The molecule has 1 aromatic carbocycles. The molecule has 2 nitrogen and oxygen atoms in total. The molecule has 0 fully saturated rings. The molecular weight excluding hydrogens is 196 g/mol. The van der Waals surface area contributed by atoms with E-state index in [-0.39, 0.29) is 6.04 Å². The largest absolute Gasteiger partial charge is 0.377 e. The Labute approximate surface area is 96.4 Å². The van der Waals surface area contributed by atoms with Crippen LogP contribution in [0.25, 0.3) is 0 Å². The number of pyridine rings is 1. The topological polar surface area (TPSA) is 24.9 Å². The fourth-order valence-electron chi connectivity index (χ4n) is 1.67. The number of hydrogen-bond acceptors (Lipinski definition) is 2. The van der Waals surface area contributed by atoms with E-state index in [1.807, 2.05) is 36.5 Å². The summed E-state index contributed by atoms with van der Waals surface area (Å²) in [5.41, 5.74) is 3.48. The summed E-state index contributed by atoms with van der Waals surface area (Å²) in [7, 11) is 0. The minimum atomic E-state index is 0.224. The van der Waals surface area contributed by atoms with E-state index in [2.05, 4.69) is 36.3 Å². The lowest BCUT2D eigenvalue weighted by molar-refractivity contribution is 0.838. The fraction of sp³-hybridized carbons (Fsp3) is 0.214. The minimum Gasteiger partial charge on any atom is -0.377 e. The van der Waals surface area contributed by atoms with Crippen molar-refractivity contribution in [2.24, 2.45) is 0 Å². The first-order chi connectivity index (χ1) is 7.77. The van der Waals surface area contributed by atoms with Gasteiger partial charge in [-0.05, 0) is 37.6 Å². The maximum atomic E-state index is 4.34. The zero-order chi connectivity index (χ0) is 11.4. The van der Waals surface area contributed by atoms with Crippen LogP contribution < -0.4 is 5.32 Å². The molecule has 1 N–H and O–H groups in total. The van der Waals surface area contributed by atoms with Crippen molar-refractivity contribution < 1.29 is 0 Å². The second-order valence-corrected chi connectivity index (χ2v) is 3.94. The highest BCUT2D eigenvalue weighted by atomic mass is 14.9. The second kappa shape index (κ2) is 4.79. The van der Waals surface area contributed by atoms with Crippen molar-refractivity contribution in [2.45, 2.75) is 19.9 Å². The molecule has 0 spiro atoms. The molecule has 0 saturated carbocycles. The summed E-state index contributed by atoms with van der Waals surface area (Å²) in [5.74, 6) is 0. The smallest absolute Gasteiger partial charge is 0.0657 e. The van der Waals surface area contributed by atoms with Gasteiger partial charge >= 0.3 is 0 Å². The third kappa shape index (κ3) is 2.40. The quantitative estimate of drug-likeness (QED) is 0.841. The highest BCUT2D eigenvalue weighted by Crippen LogP contribution is 2.20. The zero-order valence-corrected chi connectivity index (χ0v) is 9.64. The lowest BCUT2D eigenvalue weighted by atomic mass is 10.1. The lowest BCUT2D eigenvalue weighted by Crippen LogP contribution is -2.08. The molecule has 82 valence electrons. The first-order valence-corrected chi connectivity index (χ1v) is 5.50. The molecule has 1 unspecified atom stereocenters. The van der Waals surface area contributed by atoms with Crippen LogP contribution in [0, 0.1) is 6.92 Å². The fourth-order valence-corrected chi connectivity index (χ4v) is 1.67. The van der Waals surface area contributed by atoms with Gasteiger partial charge in [-0.2, -0.15) is 0 Å². The van der Waals surface area contributed by atoms with Crippen LogP contribution in [0.2, 0.25) is 0 Å². The Bertz CT molecular complexity index is 451. The van der Waals surface area contributed by atoms with E-state index in [9.17, 15) is 0 Å². The maximum absolute atomic E-state index is 4.34. The first-order valence-electron chi connectivity index (χ1n) is 5.50. The number of anilines is 1. The van der Waals surface area contributed by atoms with Crippen molar-refractivity contribution in [1.29, 1.82) is 0 Å². The predicted octanol–water partition coefficient (Wildman–Crippen LogP) is 3.56. The summed E-state index contributed by atoms with van der Waals surface area (Å²) >= 11 is 0. The van der Waals surface area contributed by atoms with Crippen LogP contribution in [0.3, 0.4) is 0 Å². The van der Waals surface area contributed by atoms with E-state index in [4.69, 9.17) is 0 Å². The molecule has 0 amide bonds. The van der Waals surface area contributed by atoms with Gasteiger partial charge in [-0.15, -0.1) is 0 Å². The molecule has 16 heavy (non-hydrogen) atoms. The van der Waals surface area contributed by atoms with Gasteiger partial charge in [-0.3, -0.25) is 4.98 Å². The Morgan fingerprint density at radius 1 is 1.06 bits per heavy atom. The van der Waals surface area contributed by atoms with Crippen LogP contribution in [-0.4, -0.2) is 4.98 Å². The number of benzene rings is 1. The van der Waals surface area contributed by atoms with Crippen LogP contribution >= 0.6 is 0 Å². The maximum Gasteiger partial charge on any atom is 0.0657 e. The normalized spacial score (nSPS) is 12.1. The summed E-state index contributed by atoms with van der Waals surface area (Å²) in [6.45, 7) is 4.22. The molecule has 2 heteroatoms. The summed E-state index contributed by atoms with van der Waals surface area (Å²) in [6.07, 6.45) is 1.82. The van der Waals surface area contributed by atoms with Gasteiger partial charge in [0, 0.05) is 11.9 Å². The van der Waals surface area contributed by atoms with Crippen LogP contribution in [0.5, 0.6) is 0 Å². The number of rotatable bonds is 3. The Morgan fingerprint density at radius 3 is 2.50 bits per heavy atom. The Morgan fingerprint density at radius 2 is 1.81 bits per heavy atom. The van der Waals surface area contributed by atoms with Crippen LogP contribution in [0.1, 0.15) is 24.2 Å². The van der Waals surface area contributed by atoms with Gasteiger partial charge in [0.25, 0.3) is 0 Å². The van der Waals surface area contributed by atoms with Crippen molar-refractivity contribution >= 4 is 5.69 Å². The number of aromatic nitrogens is 1. The van der Waals surface area contributed by atoms with Gasteiger partial charge in [0.2, 0.25) is 0 Å². The SMILES string of the molecule is Cc1ccccc1NC(C)c1ccccn1. The molecule has 0 saturated heterocycles. The zero-order valence-electron chi connectivity index (χ0n) is 9.64. The van der Waals surface area contributed by atoms with Gasteiger partial charge in [0.05, 0.1) is 11.7 Å². The second-order valence-electron chi connectivity index (χ2n) is 3.94. The first kappa shape index (κ1) is 10.7. The van der Waals surface area contributed by atoms with Gasteiger partial charge < -0.3 is 5.32 Å². The predicted molar refractivity (Wildman–Crippen MR) is 67.5 cm³/mol. The van der Waals surface area contributed by atoms with Gasteiger partial charge in [-0.1, -0.05) is 24.3 Å². The van der Waals surface area contributed by atoms with E-state index in [1.54, 1.807) is 0 Å². The van der Waals surface area contributed by atoms with Crippen LogP contribution in [0.4, 0.5) is 5.69 Å². The highest BCUT2D eigenvalue weighted by Gasteiger charge is 2.06. The molecule has 1 atom stereocenters. The van der Waals surface area contributed by atoms with E-state index < -0.39 is 0 Å². The molecule has 0 bridgehead atoms.